The van der Waals surface area contributed by atoms with Crippen molar-refractivity contribution in [2.45, 2.75) is 24.4 Å². The van der Waals surface area contributed by atoms with Gasteiger partial charge >= 0.3 is 0 Å². The molecule has 0 aromatic carbocycles. The SMILES string of the molecule is CNc1ccncc1S(=O)(=O)NC(C)Cn1ccnc1. The van der Waals surface area contributed by atoms with Crippen LogP contribution in [0.1, 0.15) is 6.92 Å². The minimum Gasteiger partial charge on any atom is -0.387 e. The molecule has 0 aliphatic carbocycles. The lowest BCUT2D eigenvalue weighted by molar-refractivity contribution is 0.520. The second-order valence-corrected chi connectivity index (χ2v) is 6.09. The molecule has 0 spiro atoms. The van der Waals surface area contributed by atoms with Crippen LogP contribution in [0.4, 0.5) is 5.69 Å². The van der Waals surface area contributed by atoms with Crippen LogP contribution in [0.25, 0.3) is 0 Å². The molecule has 0 aliphatic heterocycles. The Morgan fingerprint density at radius 2 is 2.15 bits per heavy atom. The van der Waals surface area contributed by atoms with Crippen molar-refractivity contribution in [2.24, 2.45) is 0 Å². The summed E-state index contributed by atoms with van der Waals surface area (Å²) in [5.41, 5.74) is 0.516. The first-order valence-electron chi connectivity index (χ1n) is 6.13. The number of anilines is 1. The van der Waals surface area contributed by atoms with Crippen molar-refractivity contribution in [3.63, 3.8) is 0 Å². The molecule has 2 rings (SSSR count). The van der Waals surface area contributed by atoms with Crippen LogP contribution in [-0.4, -0.2) is 36.0 Å². The average molecular weight is 295 g/mol. The Kier molecular flexibility index (Phi) is 4.35. The van der Waals surface area contributed by atoms with Gasteiger partial charge in [0.1, 0.15) is 4.90 Å². The Labute approximate surface area is 118 Å². The fourth-order valence-electron chi connectivity index (χ4n) is 1.88. The first-order valence-corrected chi connectivity index (χ1v) is 7.61. The molecule has 2 N–H and O–H groups in total. The molecule has 1 atom stereocenters. The van der Waals surface area contributed by atoms with Crippen LogP contribution < -0.4 is 10.0 Å². The van der Waals surface area contributed by atoms with Gasteiger partial charge in [0.2, 0.25) is 10.0 Å². The standard InChI is InChI=1S/C12H17N5O2S/c1-10(8-17-6-5-15-9-17)16-20(18,19)12-7-14-4-3-11(12)13-2/h3-7,9-10,16H,8H2,1-2H3,(H,13,14). The van der Waals surface area contributed by atoms with Gasteiger partial charge < -0.3 is 9.88 Å². The molecule has 1 unspecified atom stereocenters. The van der Waals surface area contributed by atoms with Crippen molar-refractivity contribution < 1.29 is 8.42 Å². The van der Waals surface area contributed by atoms with Crippen molar-refractivity contribution in [1.29, 1.82) is 0 Å². The molecule has 0 saturated heterocycles. The van der Waals surface area contributed by atoms with Gasteiger partial charge in [0, 0.05) is 44.4 Å². The Morgan fingerprint density at radius 1 is 1.35 bits per heavy atom. The lowest BCUT2D eigenvalue weighted by Crippen LogP contribution is -2.35. The molecule has 0 amide bonds. The number of imidazole rings is 1. The topological polar surface area (TPSA) is 88.9 Å². The fourth-order valence-corrected chi connectivity index (χ4v) is 3.27. The molecule has 108 valence electrons. The van der Waals surface area contributed by atoms with Crippen molar-refractivity contribution in [1.82, 2.24) is 19.3 Å². The van der Waals surface area contributed by atoms with E-state index in [9.17, 15) is 8.42 Å². The third-order valence-electron chi connectivity index (χ3n) is 2.74. The van der Waals surface area contributed by atoms with E-state index < -0.39 is 10.0 Å². The molecule has 8 heteroatoms. The molecule has 2 aromatic rings. The summed E-state index contributed by atoms with van der Waals surface area (Å²) in [6.07, 6.45) is 7.96. The van der Waals surface area contributed by atoms with Crippen LogP contribution in [0.15, 0.2) is 42.1 Å². The Balaban J connectivity index is 2.14. The second kappa shape index (κ2) is 6.02. The van der Waals surface area contributed by atoms with Gasteiger partial charge in [-0.15, -0.1) is 0 Å². The Bertz CT molecular complexity index is 654. The highest BCUT2D eigenvalue weighted by atomic mass is 32.2. The summed E-state index contributed by atoms with van der Waals surface area (Å²) in [6, 6.07) is 1.36. The van der Waals surface area contributed by atoms with Gasteiger partial charge in [-0.1, -0.05) is 0 Å². The summed E-state index contributed by atoms with van der Waals surface area (Å²) in [5, 5.41) is 2.85. The Morgan fingerprint density at radius 3 is 2.80 bits per heavy atom. The van der Waals surface area contributed by atoms with Crippen molar-refractivity contribution in [3.05, 3.63) is 37.2 Å². The predicted octanol–water partition coefficient (Wildman–Crippen LogP) is 0.687. The number of rotatable bonds is 6. The number of nitrogens with one attached hydrogen (secondary N) is 2. The van der Waals surface area contributed by atoms with E-state index in [1.165, 1.54) is 6.20 Å². The van der Waals surface area contributed by atoms with Gasteiger partial charge in [0.25, 0.3) is 0 Å². The third-order valence-corrected chi connectivity index (χ3v) is 4.36. The molecule has 2 aromatic heterocycles. The van der Waals surface area contributed by atoms with Gasteiger partial charge in [0.15, 0.2) is 0 Å². The molecular weight excluding hydrogens is 278 g/mol. The lowest BCUT2D eigenvalue weighted by Gasteiger charge is -2.16. The maximum absolute atomic E-state index is 12.3. The highest BCUT2D eigenvalue weighted by Crippen LogP contribution is 2.18. The van der Waals surface area contributed by atoms with Crippen LogP contribution in [0.3, 0.4) is 0 Å². The number of pyridine rings is 1. The van der Waals surface area contributed by atoms with E-state index in [-0.39, 0.29) is 10.9 Å². The van der Waals surface area contributed by atoms with E-state index in [4.69, 9.17) is 0 Å². The number of hydrogen-bond donors (Lipinski definition) is 2. The third kappa shape index (κ3) is 3.34. The first kappa shape index (κ1) is 14.5. The molecule has 0 radical (unpaired) electrons. The van der Waals surface area contributed by atoms with Gasteiger partial charge in [-0.05, 0) is 13.0 Å². The molecule has 20 heavy (non-hydrogen) atoms. The lowest BCUT2D eigenvalue weighted by atomic mass is 10.4. The van der Waals surface area contributed by atoms with E-state index in [2.05, 4.69) is 20.0 Å². The summed E-state index contributed by atoms with van der Waals surface area (Å²) >= 11 is 0. The Hall–Kier alpha value is -1.93. The molecule has 7 nitrogen and oxygen atoms in total. The maximum atomic E-state index is 12.3. The summed E-state index contributed by atoms with van der Waals surface area (Å²) < 4.78 is 29.1. The van der Waals surface area contributed by atoms with Gasteiger partial charge in [-0.25, -0.2) is 18.1 Å². The molecular formula is C12H17N5O2S. The highest BCUT2D eigenvalue weighted by Gasteiger charge is 2.20. The fraction of sp³-hybridized carbons (Fsp3) is 0.333. The van der Waals surface area contributed by atoms with E-state index in [0.717, 1.165) is 0 Å². The smallest absolute Gasteiger partial charge is 0.244 e. The predicted molar refractivity (Wildman–Crippen MR) is 75.8 cm³/mol. The van der Waals surface area contributed by atoms with E-state index >= 15 is 0 Å². The number of sulfonamides is 1. The van der Waals surface area contributed by atoms with Gasteiger partial charge in [-0.3, -0.25) is 4.98 Å². The zero-order valence-electron chi connectivity index (χ0n) is 11.3. The molecule has 0 fully saturated rings. The van der Waals surface area contributed by atoms with Crippen LogP contribution in [0, 0.1) is 0 Å². The van der Waals surface area contributed by atoms with Crippen molar-refractivity contribution in [2.75, 3.05) is 12.4 Å². The minimum atomic E-state index is -3.61. The monoisotopic (exact) mass is 295 g/mol. The van der Waals surface area contributed by atoms with Gasteiger partial charge in [0.05, 0.1) is 12.0 Å². The van der Waals surface area contributed by atoms with E-state index in [0.29, 0.717) is 12.2 Å². The molecule has 2 heterocycles. The van der Waals surface area contributed by atoms with E-state index in [1.807, 2.05) is 4.57 Å². The van der Waals surface area contributed by atoms with E-state index in [1.54, 1.807) is 45.0 Å². The highest BCUT2D eigenvalue weighted by molar-refractivity contribution is 7.89. The molecule has 0 bridgehead atoms. The summed E-state index contributed by atoms with van der Waals surface area (Å²) in [6.45, 7) is 2.31. The minimum absolute atomic E-state index is 0.139. The van der Waals surface area contributed by atoms with Crippen LogP contribution >= 0.6 is 0 Å². The largest absolute Gasteiger partial charge is 0.387 e. The van der Waals surface area contributed by atoms with Crippen LogP contribution in [-0.2, 0) is 16.6 Å². The maximum Gasteiger partial charge on any atom is 0.244 e. The summed E-state index contributed by atoms with van der Waals surface area (Å²) in [7, 11) is -1.94. The average Bonchev–Trinajstić information content (AvgIpc) is 2.90. The molecule has 0 aliphatic rings. The zero-order chi connectivity index (χ0) is 14.6. The second-order valence-electron chi connectivity index (χ2n) is 4.40. The van der Waals surface area contributed by atoms with Crippen LogP contribution in [0.5, 0.6) is 0 Å². The quantitative estimate of drug-likeness (QED) is 0.818. The summed E-state index contributed by atoms with van der Waals surface area (Å²) in [4.78, 5) is 7.93. The van der Waals surface area contributed by atoms with Crippen molar-refractivity contribution in [3.8, 4) is 0 Å². The van der Waals surface area contributed by atoms with Crippen molar-refractivity contribution >= 4 is 15.7 Å². The van der Waals surface area contributed by atoms with Crippen LogP contribution in [0.2, 0.25) is 0 Å². The normalized spacial score (nSPS) is 13.1. The first-order chi connectivity index (χ1) is 9.53. The van der Waals surface area contributed by atoms with Gasteiger partial charge in [-0.2, -0.15) is 0 Å². The summed E-state index contributed by atoms with van der Waals surface area (Å²) in [5.74, 6) is 0. The zero-order valence-corrected chi connectivity index (χ0v) is 12.1. The number of hydrogen-bond acceptors (Lipinski definition) is 5. The number of aromatic nitrogens is 3. The molecule has 0 saturated carbocycles. The number of nitrogens with zero attached hydrogens (tertiary/aromatic N) is 3.